The quantitative estimate of drug-likeness (QED) is 0.470. The largest absolute Gasteiger partial charge is 0.445 e. The molecule has 0 fully saturated rings. The van der Waals surface area contributed by atoms with Gasteiger partial charge in [-0.25, -0.2) is 0 Å². The molecule has 21 heavy (non-hydrogen) atoms. The van der Waals surface area contributed by atoms with Crippen LogP contribution in [0.1, 0.15) is 44.6 Å². The van der Waals surface area contributed by atoms with Crippen LogP contribution in [0.2, 0.25) is 0 Å². The fourth-order valence-corrected chi connectivity index (χ4v) is 5.33. The summed E-state index contributed by atoms with van der Waals surface area (Å²) in [4.78, 5) is 0.431. The molecule has 1 aliphatic heterocycles. The number of halogens is 3. The van der Waals surface area contributed by atoms with E-state index in [1.54, 1.807) is 29.7 Å². The normalized spacial score (nSPS) is 23.9. The van der Waals surface area contributed by atoms with Gasteiger partial charge in [-0.15, -0.1) is 0 Å². The van der Waals surface area contributed by atoms with E-state index in [2.05, 4.69) is 6.92 Å². The number of hydrogen-bond acceptors (Lipinski definition) is 1. The van der Waals surface area contributed by atoms with Gasteiger partial charge in [-0.3, -0.25) is 0 Å². The van der Waals surface area contributed by atoms with Gasteiger partial charge in [0.05, 0.1) is 0 Å². The first kappa shape index (κ1) is 16.0. The summed E-state index contributed by atoms with van der Waals surface area (Å²) in [6.07, 6.45) is 5.61. The Kier molecular flexibility index (Phi) is 4.67. The summed E-state index contributed by atoms with van der Waals surface area (Å²) in [6, 6.07) is 6.42. The molecule has 0 N–H and O–H groups in total. The zero-order valence-electron chi connectivity index (χ0n) is 11.9. The second-order valence-electron chi connectivity index (χ2n) is 5.11. The number of alkyl halides is 3. The van der Waals surface area contributed by atoms with Gasteiger partial charge in [-0.1, -0.05) is 44.4 Å². The topological polar surface area (TPSA) is 23.8 Å². The maximum atomic E-state index is 13.7. The number of rotatable bonds is 5. The van der Waals surface area contributed by atoms with Crippen molar-refractivity contribution in [2.45, 2.75) is 49.4 Å². The third-order valence-corrected chi connectivity index (χ3v) is 6.83. The number of benzene rings is 1. The summed E-state index contributed by atoms with van der Waals surface area (Å²) in [5, 5.41) is 11.1. The summed E-state index contributed by atoms with van der Waals surface area (Å²) in [5.41, 5.74) is -3.96. The molecule has 1 nitrogen and oxygen atoms in total. The Bertz CT molecular complexity index is 586. The van der Waals surface area contributed by atoms with E-state index < -0.39 is 15.5 Å². The highest BCUT2D eigenvalue weighted by molar-refractivity contribution is 8.41. The van der Waals surface area contributed by atoms with Crippen LogP contribution >= 0.6 is 10.0 Å². The highest BCUT2D eigenvalue weighted by Crippen LogP contribution is 2.76. The molecule has 0 aromatic heterocycles. The molecular formula is C16H18F3NS. The molecular weight excluding hydrogens is 295 g/mol. The van der Waals surface area contributed by atoms with E-state index >= 15 is 0 Å². The van der Waals surface area contributed by atoms with Crippen molar-refractivity contribution in [2.24, 2.45) is 0 Å². The van der Waals surface area contributed by atoms with Gasteiger partial charge in [0.1, 0.15) is 5.40 Å². The molecule has 2 rings (SSSR count). The van der Waals surface area contributed by atoms with E-state index in [4.69, 9.17) is 0 Å². The molecule has 0 saturated carbocycles. The van der Waals surface area contributed by atoms with E-state index in [-0.39, 0.29) is 9.80 Å². The molecule has 1 aromatic carbocycles. The number of hydrogen-bond donors (Lipinski definition) is 0. The Hall–Kier alpha value is -1.41. The lowest BCUT2D eigenvalue weighted by Crippen LogP contribution is -2.19. The van der Waals surface area contributed by atoms with E-state index in [0.717, 1.165) is 19.3 Å². The molecule has 0 bridgehead atoms. The van der Waals surface area contributed by atoms with Crippen LogP contribution in [0, 0.1) is 10.7 Å². The predicted octanol–water partition coefficient (Wildman–Crippen LogP) is 6.18. The second-order valence-corrected chi connectivity index (χ2v) is 7.94. The van der Waals surface area contributed by atoms with Crippen molar-refractivity contribution in [2.75, 3.05) is 0 Å². The molecule has 1 atom stereocenters. The lowest BCUT2D eigenvalue weighted by Gasteiger charge is -2.34. The average molecular weight is 313 g/mol. The fourth-order valence-electron chi connectivity index (χ4n) is 2.67. The molecule has 0 spiro atoms. The lowest BCUT2D eigenvalue weighted by atomic mass is 10.1. The minimum absolute atomic E-state index is 0.158. The van der Waals surface area contributed by atoms with Gasteiger partial charge in [0.25, 0.3) is 0 Å². The maximum absolute atomic E-state index is 13.7. The molecule has 5 heteroatoms. The molecule has 1 aliphatic rings. The Morgan fingerprint density at radius 2 is 1.86 bits per heavy atom. The van der Waals surface area contributed by atoms with Crippen LogP contribution in [0.5, 0.6) is 0 Å². The van der Waals surface area contributed by atoms with Crippen LogP contribution < -0.4 is 0 Å². The minimum Gasteiger partial charge on any atom is -0.186 e. The Labute approximate surface area is 124 Å². The van der Waals surface area contributed by atoms with Crippen molar-refractivity contribution in [1.82, 2.24) is 0 Å². The minimum atomic E-state index is -4.51. The zero-order chi connectivity index (χ0) is 15.5. The molecule has 114 valence electrons. The Balaban J connectivity index is 2.38. The number of fused-ring (bicyclic) bond motifs is 1. The van der Waals surface area contributed by atoms with Crippen molar-refractivity contribution >= 4 is 16.1 Å². The van der Waals surface area contributed by atoms with Gasteiger partial charge in [-0.05, 0) is 45.5 Å². The summed E-state index contributed by atoms with van der Waals surface area (Å²) in [5.74, 6) is 0. The van der Waals surface area contributed by atoms with Crippen molar-refractivity contribution in [3.63, 3.8) is 0 Å². The van der Waals surface area contributed by atoms with Gasteiger partial charge < -0.3 is 0 Å². The van der Waals surface area contributed by atoms with E-state index in [0.29, 0.717) is 18.4 Å². The zero-order valence-corrected chi connectivity index (χ0v) is 12.7. The standard InChI is InChI=1S/C16H18F3NS/c1-2-3-4-5-9-14-11-13-8-6-7-10-15(13)21(14,12-20)16(17,18)19/h6-8,10-11H,2-5,9H2,1H3. The van der Waals surface area contributed by atoms with Gasteiger partial charge in [0.2, 0.25) is 0 Å². The number of unbranched alkanes of at least 4 members (excludes halogenated alkanes) is 3. The summed E-state index contributed by atoms with van der Waals surface area (Å²) < 4.78 is 41.1. The highest BCUT2D eigenvalue weighted by Gasteiger charge is 2.57. The number of allylic oxidation sites excluding steroid dienone is 1. The predicted molar refractivity (Wildman–Crippen MR) is 80.7 cm³/mol. The summed E-state index contributed by atoms with van der Waals surface area (Å²) in [7, 11) is -3.54. The van der Waals surface area contributed by atoms with Gasteiger partial charge >= 0.3 is 5.51 Å². The Morgan fingerprint density at radius 3 is 2.48 bits per heavy atom. The van der Waals surface area contributed by atoms with Crippen LogP contribution in [-0.4, -0.2) is 5.51 Å². The molecule has 0 aliphatic carbocycles. The monoisotopic (exact) mass is 313 g/mol. The first-order chi connectivity index (χ1) is 9.97. The highest BCUT2D eigenvalue weighted by atomic mass is 32.3. The summed E-state index contributed by atoms with van der Waals surface area (Å²) in [6.45, 7) is 2.06. The molecule has 1 heterocycles. The molecule has 0 saturated heterocycles. The smallest absolute Gasteiger partial charge is 0.186 e. The van der Waals surface area contributed by atoms with Crippen molar-refractivity contribution in [3.05, 3.63) is 34.7 Å². The van der Waals surface area contributed by atoms with Crippen molar-refractivity contribution in [3.8, 4) is 5.40 Å². The molecule has 0 amide bonds. The lowest BCUT2D eigenvalue weighted by molar-refractivity contribution is -0.0366. The molecule has 1 aromatic rings. The molecule has 0 radical (unpaired) electrons. The first-order valence-electron chi connectivity index (χ1n) is 7.07. The van der Waals surface area contributed by atoms with Crippen molar-refractivity contribution < 1.29 is 13.2 Å². The fraction of sp³-hybridized carbons (Fsp3) is 0.438. The van der Waals surface area contributed by atoms with Gasteiger partial charge in [0, 0.05) is 4.90 Å². The SMILES string of the molecule is CCCCCCC1=Cc2ccccc2S1(C#N)C(F)(F)F. The number of nitrogens with zero attached hydrogens (tertiary/aromatic N) is 1. The van der Waals surface area contributed by atoms with E-state index in [1.165, 1.54) is 6.07 Å². The average Bonchev–Trinajstić information content (AvgIpc) is 2.77. The second kappa shape index (κ2) is 6.15. The van der Waals surface area contributed by atoms with Crippen molar-refractivity contribution in [1.29, 1.82) is 5.26 Å². The summed E-state index contributed by atoms with van der Waals surface area (Å²) >= 11 is 0. The van der Waals surface area contributed by atoms with Crippen LogP contribution in [-0.2, 0) is 0 Å². The maximum Gasteiger partial charge on any atom is 0.445 e. The van der Waals surface area contributed by atoms with E-state index in [9.17, 15) is 18.4 Å². The third kappa shape index (κ3) is 2.69. The van der Waals surface area contributed by atoms with Gasteiger partial charge in [0.15, 0.2) is 0 Å². The van der Waals surface area contributed by atoms with E-state index in [1.807, 2.05) is 0 Å². The Morgan fingerprint density at radius 1 is 1.14 bits per heavy atom. The van der Waals surface area contributed by atoms with Crippen LogP contribution in [0.15, 0.2) is 34.1 Å². The van der Waals surface area contributed by atoms with Crippen LogP contribution in [0.4, 0.5) is 13.2 Å². The van der Waals surface area contributed by atoms with Crippen LogP contribution in [0.3, 0.4) is 0 Å². The van der Waals surface area contributed by atoms with Gasteiger partial charge in [-0.2, -0.15) is 18.4 Å². The first-order valence-corrected chi connectivity index (χ1v) is 8.71. The third-order valence-electron chi connectivity index (χ3n) is 3.72. The number of thiocyanates is 1. The molecule has 1 unspecified atom stereocenters. The van der Waals surface area contributed by atoms with Crippen LogP contribution in [0.25, 0.3) is 6.08 Å². The number of nitriles is 1.